The molecule has 2 unspecified atom stereocenters. The van der Waals surface area contributed by atoms with E-state index in [9.17, 15) is 9.90 Å². The smallest absolute Gasteiger partial charge is 0.258 e. The monoisotopic (exact) mass is 280 g/mol. The molecule has 3 rings (SSSR count). The number of aromatic hydroxyl groups is 1. The van der Waals surface area contributed by atoms with Gasteiger partial charge in [0.05, 0.1) is 5.56 Å². The zero-order valence-electron chi connectivity index (χ0n) is 10.6. The summed E-state index contributed by atoms with van der Waals surface area (Å²) in [5.74, 6) is -0.136. The van der Waals surface area contributed by atoms with Gasteiger partial charge in [-0.25, -0.2) is 0 Å². The van der Waals surface area contributed by atoms with E-state index in [-0.39, 0.29) is 29.8 Å². The zero-order chi connectivity index (χ0) is 13.6. The molecule has 1 amide bonds. The van der Waals surface area contributed by atoms with Gasteiger partial charge in [-0.15, -0.1) is 0 Å². The molecule has 0 aromatic heterocycles. The Labute approximate surface area is 117 Å². The summed E-state index contributed by atoms with van der Waals surface area (Å²) in [6, 6.07) is 5.18. The van der Waals surface area contributed by atoms with Crippen LogP contribution in [0.1, 0.15) is 36.0 Å². The molecule has 19 heavy (non-hydrogen) atoms. The lowest BCUT2D eigenvalue weighted by Crippen LogP contribution is -2.50. The highest BCUT2D eigenvalue weighted by Crippen LogP contribution is 2.37. The lowest BCUT2D eigenvalue weighted by atomic mass is 9.97. The van der Waals surface area contributed by atoms with E-state index in [2.05, 4.69) is 0 Å². The van der Waals surface area contributed by atoms with Gasteiger partial charge in [-0.1, -0.05) is 11.6 Å². The van der Waals surface area contributed by atoms with Gasteiger partial charge in [-0.05, 0) is 43.9 Å². The number of hydrogen-bond acceptors (Lipinski definition) is 3. The first-order valence-corrected chi connectivity index (χ1v) is 7.01. The predicted octanol–water partition coefficient (Wildman–Crippen LogP) is 2.14. The molecule has 1 aromatic carbocycles. The fourth-order valence-electron chi connectivity index (χ4n) is 3.37. The van der Waals surface area contributed by atoms with E-state index in [1.54, 1.807) is 6.07 Å². The standard InChI is InChI=1S/C14H17ClN2O2/c15-8-1-4-13(18)12(5-8)14(19)17-10-2-3-11(17)7-9(16)6-10/h1,4-5,9-11,18H,2-3,6-7,16H2. The number of halogens is 1. The molecule has 2 saturated heterocycles. The number of benzene rings is 1. The van der Waals surface area contributed by atoms with Crippen LogP contribution in [0, 0.1) is 0 Å². The fraction of sp³-hybridized carbons (Fsp3) is 0.500. The van der Waals surface area contributed by atoms with Crippen LogP contribution in [0.4, 0.5) is 0 Å². The first kappa shape index (κ1) is 12.8. The molecular formula is C14H17ClN2O2. The van der Waals surface area contributed by atoms with E-state index in [0.717, 1.165) is 25.7 Å². The Morgan fingerprint density at radius 2 is 1.95 bits per heavy atom. The second kappa shape index (κ2) is 4.69. The number of carbonyl (C=O) groups is 1. The van der Waals surface area contributed by atoms with Crippen molar-refractivity contribution in [2.24, 2.45) is 5.73 Å². The van der Waals surface area contributed by atoms with Crippen molar-refractivity contribution >= 4 is 17.5 Å². The normalized spacial score (nSPS) is 29.6. The van der Waals surface area contributed by atoms with Crippen molar-refractivity contribution in [2.45, 2.75) is 43.8 Å². The quantitative estimate of drug-likeness (QED) is 0.828. The summed E-state index contributed by atoms with van der Waals surface area (Å²) in [5, 5.41) is 10.3. The second-order valence-electron chi connectivity index (χ2n) is 5.49. The minimum Gasteiger partial charge on any atom is -0.507 e. The van der Waals surface area contributed by atoms with Crippen molar-refractivity contribution in [1.29, 1.82) is 0 Å². The van der Waals surface area contributed by atoms with Gasteiger partial charge in [0.1, 0.15) is 5.75 Å². The van der Waals surface area contributed by atoms with E-state index in [0.29, 0.717) is 10.6 Å². The first-order chi connectivity index (χ1) is 9.06. The third-order valence-electron chi connectivity index (χ3n) is 4.19. The summed E-state index contributed by atoms with van der Waals surface area (Å²) in [4.78, 5) is 14.5. The van der Waals surface area contributed by atoms with E-state index < -0.39 is 0 Å². The predicted molar refractivity (Wildman–Crippen MR) is 73.3 cm³/mol. The minimum absolute atomic E-state index is 0.0105. The summed E-state index contributed by atoms with van der Waals surface area (Å²) in [7, 11) is 0. The van der Waals surface area contributed by atoms with E-state index in [4.69, 9.17) is 17.3 Å². The number of amides is 1. The number of rotatable bonds is 1. The van der Waals surface area contributed by atoms with Crippen LogP contribution in [0.3, 0.4) is 0 Å². The molecule has 5 heteroatoms. The first-order valence-electron chi connectivity index (χ1n) is 6.63. The highest BCUT2D eigenvalue weighted by atomic mass is 35.5. The van der Waals surface area contributed by atoms with Crippen molar-refractivity contribution in [2.75, 3.05) is 0 Å². The molecule has 2 atom stereocenters. The zero-order valence-corrected chi connectivity index (χ0v) is 11.3. The lowest BCUT2D eigenvalue weighted by molar-refractivity contribution is 0.0572. The molecule has 0 spiro atoms. The van der Waals surface area contributed by atoms with Crippen molar-refractivity contribution in [1.82, 2.24) is 4.90 Å². The maximum atomic E-state index is 12.6. The molecule has 0 aliphatic carbocycles. The molecular weight excluding hydrogens is 264 g/mol. The van der Waals surface area contributed by atoms with Crippen LogP contribution < -0.4 is 5.73 Å². The van der Waals surface area contributed by atoms with Gasteiger partial charge in [-0.3, -0.25) is 4.79 Å². The van der Waals surface area contributed by atoms with Gasteiger partial charge < -0.3 is 15.7 Å². The summed E-state index contributed by atoms with van der Waals surface area (Å²) in [6.07, 6.45) is 3.71. The van der Waals surface area contributed by atoms with Gasteiger partial charge >= 0.3 is 0 Å². The Hall–Kier alpha value is -1.26. The van der Waals surface area contributed by atoms with Crippen LogP contribution in [0.25, 0.3) is 0 Å². The Balaban J connectivity index is 1.90. The fourth-order valence-corrected chi connectivity index (χ4v) is 3.54. The molecule has 2 aliphatic rings. The number of nitrogens with two attached hydrogens (primary N) is 1. The van der Waals surface area contributed by atoms with Gasteiger partial charge in [-0.2, -0.15) is 0 Å². The molecule has 2 bridgehead atoms. The molecule has 2 aliphatic heterocycles. The molecule has 2 fully saturated rings. The number of phenolic OH excluding ortho intramolecular Hbond substituents is 1. The maximum Gasteiger partial charge on any atom is 0.258 e. The number of nitrogens with zero attached hydrogens (tertiary/aromatic N) is 1. The summed E-state index contributed by atoms with van der Waals surface area (Å²) < 4.78 is 0. The largest absolute Gasteiger partial charge is 0.507 e. The molecule has 2 heterocycles. The van der Waals surface area contributed by atoms with Crippen molar-refractivity contribution < 1.29 is 9.90 Å². The summed E-state index contributed by atoms with van der Waals surface area (Å²) in [6.45, 7) is 0. The van der Waals surface area contributed by atoms with Crippen molar-refractivity contribution in [3.05, 3.63) is 28.8 Å². The van der Waals surface area contributed by atoms with Crippen LogP contribution in [-0.2, 0) is 0 Å². The highest BCUT2D eigenvalue weighted by Gasteiger charge is 2.42. The molecule has 102 valence electrons. The van der Waals surface area contributed by atoms with E-state index in [1.165, 1.54) is 12.1 Å². The molecule has 0 radical (unpaired) electrons. The lowest BCUT2D eigenvalue weighted by Gasteiger charge is -2.37. The highest BCUT2D eigenvalue weighted by molar-refractivity contribution is 6.31. The Bertz CT molecular complexity index is 506. The van der Waals surface area contributed by atoms with E-state index >= 15 is 0 Å². The SMILES string of the molecule is NC1CC2CCC(C1)N2C(=O)c1cc(Cl)ccc1O. The number of piperidine rings is 1. The van der Waals surface area contributed by atoms with Gasteiger partial charge in [0, 0.05) is 23.1 Å². The van der Waals surface area contributed by atoms with Crippen molar-refractivity contribution in [3.8, 4) is 5.75 Å². The topological polar surface area (TPSA) is 66.6 Å². The Morgan fingerprint density at radius 3 is 2.58 bits per heavy atom. The van der Waals surface area contributed by atoms with Gasteiger partial charge in [0.25, 0.3) is 5.91 Å². The Morgan fingerprint density at radius 1 is 1.32 bits per heavy atom. The number of fused-ring (bicyclic) bond motifs is 2. The summed E-state index contributed by atoms with van der Waals surface area (Å²) in [5.41, 5.74) is 6.29. The van der Waals surface area contributed by atoms with Crippen LogP contribution in [-0.4, -0.2) is 34.0 Å². The van der Waals surface area contributed by atoms with Crippen LogP contribution in [0.15, 0.2) is 18.2 Å². The minimum atomic E-state index is -0.126. The molecule has 3 N–H and O–H groups in total. The Kier molecular flexibility index (Phi) is 3.15. The average Bonchev–Trinajstić information content (AvgIpc) is 2.64. The average molecular weight is 281 g/mol. The molecule has 1 aromatic rings. The second-order valence-corrected chi connectivity index (χ2v) is 5.93. The van der Waals surface area contributed by atoms with Crippen LogP contribution in [0.5, 0.6) is 5.75 Å². The van der Waals surface area contributed by atoms with Crippen LogP contribution >= 0.6 is 11.6 Å². The number of phenols is 1. The third kappa shape index (κ3) is 2.19. The van der Waals surface area contributed by atoms with E-state index in [1.807, 2.05) is 4.90 Å². The molecule has 0 saturated carbocycles. The maximum absolute atomic E-state index is 12.6. The molecule has 4 nitrogen and oxygen atoms in total. The van der Waals surface area contributed by atoms with Crippen molar-refractivity contribution in [3.63, 3.8) is 0 Å². The summed E-state index contributed by atoms with van der Waals surface area (Å²) >= 11 is 5.91. The third-order valence-corrected chi connectivity index (χ3v) is 4.43. The number of carbonyl (C=O) groups excluding carboxylic acids is 1. The number of hydrogen-bond donors (Lipinski definition) is 2. The van der Waals surface area contributed by atoms with Gasteiger partial charge in [0.2, 0.25) is 0 Å². The van der Waals surface area contributed by atoms with Gasteiger partial charge in [0.15, 0.2) is 0 Å². The van der Waals surface area contributed by atoms with Crippen LogP contribution in [0.2, 0.25) is 5.02 Å².